The molecule has 0 saturated carbocycles. The maximum absolute atomic E-state index is 13.1. The normalized spacial score (nSPS) is 14.1. The molecular formula is C79H154O17P2. The van der Waals surface area contributed by atoms with E-state index in [2.05, 4.69) is 55.4 Å². The predicted molar refractivity (Wildman–Crippen MR) is 400 cm³/mol. The molecule has 19 heteroatoms. The number of hydrogen-bond acceptors (Lipinski definition) is 15. The van der Waals surface area contributed by atoms with Crippen LogP contribution in [0, 0.1) is 23.7 Å². The van der Waals surface area contributed by atoms with Gasteiger partial charge in [-0.3, -0.25) is 37.3 Å². The Morgan fingerprint density at radius 1 is 0.255 bits per heavy atom. The molecule has 0 aliphatic rings. The standard InChI is InChI=1S/C79H154O17P2/c1-69(2)55-47-39-31-24-18-12-9-10-14-22-28-36-45-53-61-78(83)95-74(65-89-76(81)59-51-43-35-27-21-17-16-20-26-33-41-49-57-71(5)6)67-93-97(85,86)91-63-73(80)64-92-98(87,88)94-68-75(66-90-77(82)60-52-44-38-30-34-42-50-58-72(7)8)96-79(84)62-54-46-37-29-23-15-11-13-19-25-32-40-48-56-70(3)4/h69-75,80H,9-68H2,1-8H3,(H,85,86)(H,87,88)/t73?,74-,75-/m1/s1. The molecule has 98 heavy (non-hydrogen) atoms. The smallest absolute Gasteiger partial charge is 0.462 e. The van der Waals surface area contributed by atoms with Crippen molar-refractivity contribution in [3.8, 4) is 0 Å². The molecule has 582 valence electrons. The van der Waals surface area contributed by atoms with E-state index in [1.54, 1.807) is 0 Å². The summed E-state index contributed by atoms with van der Waals surface area (Å²) >= 11 is 0. The van der Waals surface area contributed by atoms with Gasteiger partial charge in [0.2, 0.25) is 0 Å². The highest BCUT2D eigenvalue weighted by Gasteiger charge is 2.30. The van der Waals surface area contributed by atoms with Crippen LogP contribution in [-0.2, 0) is 65.4 Å². The average molecular weight is 1440 g/mol. The van der Waals surface area contributed by atoms with Crippen molar-refractivity contribution in [2.45, 2.75) is 420 Å². The molecule has 0 rings (SSSR count). The second kappa shape index (κ2) is 68.2. The second-order valence-corrected chi connectivity index (χ2v) is 33.3. The minimum Gasteiger partial charge on any atom is -0.462 e. The first-order chi connectivity index (χ1) is 47.1. The molecule has 17 nitrogen and oxygen atoms in total. The fourth-order valence-electron chi connectivity index (χ4n) is 12.1. The van der Waals surface area contributed by atoms with E-state index in [-0.39, 0.29) is 25.7 Å². The van der Waals surface area contributed by atoms with Crippen molar-refractivity contribution in [1.29, 1.82) is 0 Å². The molecular weight excluding hydrogens is 1280 g/mol. The lowest BCUT2D eigenvalue weighted by atomic mass is 10.0. The van der Waals surface area contributed by atoms with Gasteiger partial charge in [0.1, 0.15) is 19.3 Å². The third kappa shape index (κ3) is 72.4. The summed E-state index contributed by atoms with van der Waals surface area (Å²) in [7, 11) is -9.92. The summed E-state index contributed by atoms with van der Waals surface area (Å²) in [5, 5.41) is 10.6. The van der Waals surface area contributed by atoms with Crippen LogP contribution in [0.15, 0.2) is 0 Å². The second-order valence-electron chi connectivity index (χ2n) is 30.4. The largest absolute Gasteiger partial charge is 0.472 e. The van der Waals surface area contributed by atoms with Crippen LogP contribution in [-0.4, -0.2) is 96.7 Å². The highest BCUT2D eigenvalue weighted by atomic mass is 31.2. The van der Waals surface area contributed by atoms with Gasteiger partial charge in [0.05, 0.1) is 26.4 Å². The van der Waals surface area contributed by atoms with Crippen molar-refractivity contribution < 1.29 is 80.2 Å². The lowest BCUT2D eigenvalue weighted by Gasteiger charge is -2.21. The third-order valence-corrected chi connectivity index (χ3v) is 20.2. The Morgan fingerprint density at radius 3 is 0.633 bits per heavy atom. The molecule has 3 N–H and O–H groups in total. The van der Waals surface area contributed by atoms with Gasteiger partial charge in [0.25, 0.3) is 0 Å². The van der Waals surface area contributed by atoms with Crippen LogP contribution >= 0.6 is 15.6 Å². The van der Waals surface area contributed by atoms with Gasteiger partial charge in [-0.1, -0.05) is 351 Å². The molecule has 0 amide bonds. The number of aliphatic hydroxyl groups excluding tert-OH is 1. The van der Waals surface area contributed by atoms with Crippen LogP contribution in [0.25, 0.3) is 0 Å². The predicted octanol–water partition coefficient (Wildman–Crippen LogP) is 23.2. The molecule has 3 unspecified atom stereocenters. The monoisotopic (exact) mass is 1440 g/mol. The summed E-state index contributed by atoms with van der Waals surface area (Å²) in [5.74, 6) is 0.952. The summed E-state index contributed by atoms with van der Waals surface area (Å²) in [6, 6.07) is 0. The number of unbranched alkanes of at least 4 members (excludes halogenated alkanes) is 42. The fourth-order valence-corrected chi connectivity index (χ4v) is 13.7. The molecule has 0 aliphatic carbocycles. The lowest BCUT2D eigenvalue weighted by Crippen LogP contribution is -2.30. The van der Waals surface area contributed by atoms with Crippen LogP contribution < -0.4 is 0 Å². The molecule has 0 radical (unpaired) electrons. The number of rotatable bonds is 76. The van der Waals surface area contributed by atoms with E-state index in [1.807, 2.05) is 0 Å². The SMILES string of the molecule is CC(C)CCCCCCCCCCCCCCCCC(=O)O[C@H](COC(=O)CCCCCCCCCCCCCCC(C)C)COP(=O)(O)OCC(O)COP(=O)(O)OC[C@@H](COC(=O)CCCCCCCCCC(C)C)OC(=O)CCCCCCCCCCCCCCCC(C)C. The first-order valence-corrected chi connectivity index (χ1v) is 43.7. The Bertz CT molecular complexity index is 1920. The fraction of sp³-hybridized carbons (Fsp3) is 0.949. The van der Waals surface area contributed by atoms with E-state index >= 15 is 0 Å². The molecule has 0 saturated heterocycles. The van der Waals surface area contributed by atoms with Crippen LogP contribution in [0.4, 0.5) is 0 Å². The van der Waals surface area contributed by atoms with Gasteiger partial charge >= 0.3 is 39.5 Å². The van der Waals surface area contributed by atoms with Gasteiger partial charge in [-0.05, 0) is 49.4 Å². The van der Waals surface area contributed by atoms with Crippen molar-refractivity contribution in [2.75, 3.05) is 39.6 Å². The van der Waals surface area contributed by atoms with Crippen molar-refractivity contribution >= 4 is 39.5 Å². The number of ether oxygens (including phenoxy) is 4. The molecule has 0 fully saturated rings. The Morgan fingerprint density at radius 2 is 0.429 bits per heavy atom. The van der Waals surface area contributed by atoms with Gasteiger partial charge < -0.3 is 33.8 Å². The van der Waals surface area contributed by atoms with Crippen molar-refractivity contribution in [3.05, 3.63) is 0 Å². The first kappa shape index (κ1) is 96.1. The highest BCUT2D eigenvalue weighted by molar-refractivity contribution is 7.47. The third-order valence-electron chi connectivity index (χ3n) is 18.3. The summed E-state index contributed by atoms with van der Waals surface area (Å²) in [4.78, 5) is 73.0. The topological polar surface area (TPSA) is 237 Å². The zero-order valence-electron chi connectivity index (χ0n) is 64.4. The van der Waals surface area contributed by atoms with Crippen molar-refractivity contribution in [2.24, 2.45) is 23.7 Å². The minimum absolute atomic E-state index is 0.106. The number of esters is 4. The van der Waals surface area contributed by atoms with Gasteiger partial charge in [-0.15, -0.1) is 0 Å². The van der Waals surface area contributed by atoms with Crippen LogP contribution in [0.1, 0.15) is 402 Å². The van der Waals surface area contributed by atoms with Gasteiger partial charge in [-0.2, -0.15) is 0 Å². The molecule has 0 spiro atoms. The van der Waals surface area contributed by atoms with Crippen molar-refractivity contribution in [3.63, 3.8) is 0 Å². The molecule has 0 aromatic heterocycles. The minimum atomic E-state index is -4.96. The number of carbonyl (C=O) groups excluding carboxylic acids is 4. The highest BCUT2D eigenvalue weighted by Crippen LogP contribution is 2.45. The zero-order valence-corrected chi connectivity index (χ0v) is 66.2. The molecule has 0 heterocycles. The van der Waals surface area contributed by atoms with E-state index in [9.17, 15) is 43.2 Å². The van der Waals surface area contributed by atoms with E-state index in [4.69, 9.17) is 37.0 Å². The Kier molecular flexibility index (Phi) is 66.8. The maximum Gasteiger partial charge on any atom is 0.472 e. The number of phosphoric acid groups is 2. The molecule has 0 aliphatic heterocycles. The molecule has 0 bridgehead atoms. The number of hydrogen-bond donors (Lipinski definition) is 3. The van der Waals surface area contributed by atoms with Gasteiger partial charge in [0.15, 0.2) is 12.2 Å². The molecule has 5 atom stereocenters. The first-order valence-electron chi connectivity index (χ1n) is 40.7. The van der Waals surface area contributed by atoms with Crippen LogP contribution in [0.2, 0.25) is 0 Å². The average Bonchev–Trinajstić information content (AvgIpc) is 1.06. The Hall–Kier alpha value is -1.94. The molecule has 0 aromatic carbocycles. The van der Waals surface area contributed by atoms with Gasteiger partial charge in [0, 0.05) is 25.7 Å². The lowest BCUT2D eigenvalue weighted by molar-refractivity contribution is -0.161. The summed E-state index contributed by atoms with van der Waals surface area (Å²) < 4.78 is 68.7. The Labute approximate surface area is 600 Å². The zero-order chi connectivity index (χ0) is 72.4. The number of carbonyl (C=O) groups is 4. The number of phosphoric ester groups is 2. The van der Waals surface area contributed by atoms with E-state index in [0.717, 1.165) is 114 Å². The van der Waals surface area contributed by atoms with Crippen LogP contribution in [0.3, 0.4) is 0 Å². The van der Waals surface area contributed by atoms with E-state index in [0.29, 0.717) is 31.6 Å². The molecule has 0 aromatic rings. The quantitative estimate of drug-likeness (QED) is 0.0222. The Balaban J connectivity index is 5.25. The maximum atomic E-state index is 13.1. The van der Waals surface area contributed by atoms with Crippen LogP contribution in [0.5, 0.6) is 0 Å². The van der Waals surface area contributed by atoms with E-state index < -0.39 is 97.5 Å². The van der Waals surface area contributed by atoms with E-state index in [1.165, 1.54) is 199 Å². The summed E-state index contributed by atoms with van der Waals surface area (Å²) in [6.07, 6.45) is 54.1. The summed E-state index contributed by atoms with van der Waals surface area (Å²) in [6.45, 7) is 14.2. The van der Waals surface area contributed by atoms with Crippen molar-refractivity contribution in [1.82, 2.24) is 0 Å². The summed E-state index contributed by atoms with van der Waals surface area (Å²) in [5.41, 5.74) is 0. The number of aliphatic hydroxyl groups is 1. The van der Waals surface area contributed by atoms with Gasteiger partial charge in [-0.25, -0.2) is 9.13 Å².